The van der Waals surface area contributed by atoms with Crippen molar-refractivity contribution in [2.24, 2.45) is 0 Å². The van der Waals surface area contributed by atoms with E-state index >= 15 is 0 Å². The molecule has 1 aromatic heterocycles. The molecule has 0 spiro atoms. The molecule has 0 saturated heterocycles. The first-order valence-electron chi connectivity index (χ1n) is 5.36. The third-order valence-corrected chi connectivity index (χ3v) is 3.03. The molecule has 1 rings (SSSR count). The predicted molar refractivity (Wildman–Crippen MR) is 73.9 cm³/mol. The zero-order chi connectivity index (χ0) is 11.8. The number of ether oxygens (including phenoxy) is 1. The summed E-state index contributed by atoms with van der Waals surface area (Å²) >= 11 is 6.81. The van der Waals surface area contributed by atoms with Crippen LogP contribution < -0.4 is 5.32 Å². The second-order valence-corrected chi connectivity index (χ2v) is 5.15. The lowest BCUT2D eigenvalue weighted by Gasteiger charge is -2.08. The second-order valence-electron chi connectivity index (χ2n) is 3.38. The molecule has 0 fully saturated rings. The summed E-state index contributed by atoms with van der Waals surface area (Å²) < 4.78 is 7.36. The number of hydrogen-bond acceptors (Lipinski definition) is 3. The fraction of sp³-hybridized carbons (Fsp3) is 0.545. The Morgan fingerprint density at radius 2 is 2.19 bits per heavy atom. The molecular formula is C11H16Br2N2O. The molecule has 0 amide bonds. The predicted octanol–water partition coefficient (Wildman–Crippen LogP) is 3.84. The van der Waals surface area contributed by atoms with Crippen LogP contribution in [0, 0.1) is 0 Å². The van der Waals surface area contributed by atoms with Crippen molar-refractivity contribution in [3.8, 4) is 0 Å². The normalized spacial score (nSPS) is 10.4. The lowest BCUT2D eigenvalue weighted by Crippen LogP contribution is -2.11. The minimum Gasteiger partial charge on any atom is -0.380 e. The monoisotopic (exact) mass is 350 g/mol. The lowest BCUT2D eigenvalue weighted by molar-refractivity contribution is 0.141. The van der Waals surface area contributed by atoms with Crippen LogP contribution in [0.25, 0.3) is 0 Å². The zero-order valence-electron chi connectivity index (χ0n) is 9.30. The summed E-state index contributed by atoms with van der Waals surface area (Å²) in [6.45, 7) is 4.48. The van der Waals surface area contributed by atoms with Gasteiger partial charge in [-0.25, -0.2) is 4.98 Å². The summed E-state index contributed by atoms with van der Waals surface area (Å²) in [6, 6.07) is 1.97. The summed E-state index contributed by atoms with van der Waals surface area (Å²) in [7, 11) is 0. The summed E-state index contributed by atoms with van der Waals surface area (Å²) in [5.74, 6) is 0.849. The van der Waals surface area contributed by atoms with Gasteiger partial charge in [0, 0.05) is 23.8 Å². The number of hydrogen-bond donors (Lipinski definition) is 1. The Hall–Kier alpha value is -0.130. The first kappa shape index (κ1) is 13.9. The number of anilines is 1. The van der Waals surface area contributed by atoms with Crippen LogP contribution in [0.2, 0.25) is 0 Å². The van der Waals surface area contributed by atoms with Crippen molar-refractivity contribution in [3.63, 3.8) is 0 Å². The maximum absolute atomic E-state index is 5.44. The van der Waals surface area contributed by atoms with Crippen LogP contribution in [0.1, 0.15) is 19.8 Å². The Bertz CT molecular complexity index is 321. The van der Waals surface area contributed by atoms with Crippen molar-refractivity contribution in [2.45, 2.75) is 19.8 Å². The highest BCUT2D eigenvalue weighted by molar-refractivity contribution is 9.11. The highest BCUT2D eigenvalue weighted by atomic mass is 79.9. The van der Waals surface area contributed by atoms with E-state index in [1.54, 1.807) is 6.20 Å². The lowest BCUT2D eigenvalue weighted by atomic mass is 10.4. The molecule has 3 nitrogen and oxygen atoms in total. The molecule has 0 aliphatic heterocycles. The van der Waals surface area contributed by atoms with E-state index in [9.17, 15) is 0 Å². The molecule has 0 saturated carbocycles. The highest BCUT2D eigenvalue weighted by Gasteiger charge is 2.00. The minimum atomic E-state index is 0.712. The van der Waals surface area contributed by atoms with Gasteiger partial charge in [-0.05, 0) is 44.3 Å². The van der Waals surface area contributed by atoms with E-state index < -0.39 is 0 Å². The van der Waals surface area contributed by atoms with Crippen LogP contribution in [0.4, 0.5) is 5.82 Å². The molecule has 0 bridgehead atoms. The van der Waals surface area contributed by atoms with Crippen molar-refractivity contribution < 1.29 is 4.74 Å². The van der Waals surface area contributed by atoms with Crippen molar-refractivity contribution in [1.29, 1.82) is 0 Å². The van der Waals surface area contributed by atoms with E-state index in [1.807, 2.05) is 6.07 Å². The molecule has 1 aromatic rings. The number of nitrogens with zero attached hydrogens (tertiary/aromatic N) is 1. The van der Waals surface area contributed by atoms with E-state index in [0.717, 1.165) is 34.3 Å². The molecule has 0 unspecified atom stereocenters. The molecule has 1 N–H and O–H groups in total. The Balaban J connectivity index is 2.21. The van der Waals surface area contributed by atoms with Gasteiger partial charge in [0.05, 0.1) is 11.1 Å². The van der Waals surface area contributed by atoms with Gasteiger partial charge in [0.2, 0.25) is 0 Å². The van der Waals surface area contributed by atoms with E-state index in [-0.39, 0.29) is 0 Å². The van der Waals surface area contributed by atoms with Gasteiger partial charge in [-0.2, -0.15) is 0 Å². The molecule has 0 atom stereocenters. The summed E-state index contributed by atoms with van der Waals surface area (Å²) in [4.78, 5) is 4.25. The largest absolute Gasteiger partial charge is 0.380 e. The minimum absolute atomic E-state index is 0.712. The van der Waals surface area contributed by atoms with Crippen LogP contribution in [0.3, 0.4) is 0 Å². The number of halogens is 2. The fourth-order valence-electron chi connectivity index (χ4n) is 1.13. The van der Waals surface area contributed by atoms with Gasteiger partial charge in [-0.15, -0.1) is 0 Å². The van der Waals surface area contributed by atoms with Crippen molar-refractivity contribution in [2.75, 3.05) is 25.1 Å². The number of aromatic nitrogens is 1. The number of rotatable bonds is 7. The quantitative estimate of drug-likeness (QED) is 0.758. The van der Waals surface area contributed by atoms with Crippen LogP contribution in [-0.2, 0) is 4.74 Å². The standard InChI is InChI=1S/C11H16Br2N2O/c1-2-3-5-16-6-4-14-11-10(13)7-9(12)8-15-11/h7-8H,2-6H2,1H3,(H,14,15). The molecule has 0 aliphatic carbocycles. The SMILES string of the molecule is CCCCOCCNc1ncc(Br)cc1Br. The third kappa shape index (κ3) is 5.27. The van der Waals surface area contributed by atoms with Crippen LogP contribution in [-0.4, -0.2) is 24.7 Å². The van der Waals surface area contributed by atoms with E-state index in [1.165, 1.54) is 6.42 Å². The van der Waals surface area contributed by atoms with Crippen LogP contribution in [0.5, 0.6) is 0 Å². The van der Waals surface area contributed by atoms with Gasteiger partial charge in [-0.1, -0.05) is 13.3 Å². The maximum atomic E-state index is 5.44. The first-order chi connectivity index (χ1) is 7.74. The Morgan fingerprint density at radius 1 is 1.38 bits per heavy atom. The van der Waals surface area contributed by atoms with Gasteiger partial charge in [0.25, 0.3) is 0 Å². The highest BCUT2D eigenvalue weighted by Crippen LogP contribution is 2.22. The van der Waals surface area contributed by atoms with Gasteiger partial charge < -0.3 is 10.1 Å². The van der Waals surface area contributed by atoms with E-state index in [2.05, 4.69) is 49.1 Å². The Morgan fingerprint density at radius 3 is 2.88 bits per heavy atom. The molecule has 0 aliphatic rings. The maximum Gasteiger partial charge on any atom is 0.140 e. The van der Waals surface area contributed by atoms with Gasteiger partial charge >= 0.3 is 0 Å². The molecule has 16 heavy (non-hydrogen) atoms. The topological polar surface area (TPSA) is 34.1 Å². The molecule has 0 radical (unpaired) electrons. The first-order valence-corrected chi connectivity index (χ1v) is 6.95. The molecule has 1 heterocycles. The molecule has 0 aromatic carbocycles. The molecular weight excluding hydrogens is 336 g/mol. The number of unbranched alkanes of at least 4 members (excludes halogenated alkanes) is 1. The summed E-state index contributed by atoms with van der Waals surface area (Å²) in [6.07, 6.45) is 4.07. The van der Waals surface area contributed by atoms with E-state index in [0.29, 0.717) is 6.61 Å². The van der Waals surface area contributed by atoms with Gasteiger partial charge in [-0.3, -0.25) is 0 Å². The Labute approximate surface area is 113 Å². The molecule has 5 heteroatoms. The molecule has 90 valence electrons. The van der Waals surface area contributed by atoms with Crippen molar-refractivity contribution >= 4 is 37.7 Å². The zero-order valence-corrected chi connectivity index (χ0v) is 12.5. The smallest absolute Gasteiger partial charge is 0.140 e. The average Bonchev–Trinajstić information content (AvgIpc) is 2.26. The summed E-state index contributed by atoms with van der Waals surface area (Å²) in [5, 5.41) is 3.21. The van der Waals surface area contributed by atoms with E-state index in [4.69, 9.17) is 4.74 Å². The second kappa shape index (κ2) is 8.03. The van der Waals surface area contributed by atoms with Gasteiger partial charge in [0.1, 0.15) is 5.82 Å². The fourth-order valence-corrected chi connectivity index (χ4v) is 2.26. The van der Waals surface area contributed by atoms with Crippen molar-refractivity contribution in [1.82, 2.24) is 4.98 Å². The number of nitrogens with one attached hydrogen (secondary N) is 1. The van der Waals surface area contributed by atoms with Crippen LogP contribution in [0.15, 0.2) is 21.2 Å². The van der Waals surface area contributed by atoms with Crippen molar-refractivity contribution in [3.05, 3.63) is 21.2 Å². The van der Waals surface area contributed by atoms with Crippen LogP contribution >= 0.6 is 31.9 Å². The Kier molecular flexibility index (Phi) is 7.00. The summed E-state index contributed by atoms with van der Waals surface area (Å²) in [5.41, 5.74) is 0. The third-order valence-electron chi connectivity index (χ3n) is 1.99. The average molecular weight is 352 g/mol. The number of pyridine rings is 1. The van der Waals surface area contributed by atoms with Gasteiger partial charge in [0.15, 0.2) is 0 Å².